The summed E-state index contributed by atoms with van der Waals surface area (Å²) in [5.74, 6) is -5.74. The maximum Gasteiger partial charge on any atom is 4.00 e. The van der Waals surface area contributed by atoms with Crippen molar-refractivity contribution in [2.24, 2.45) is 0 Å². The molecule has 13 heteroatoms. The fourth-order valence-corrected chi connectivity index (χ4v) is 0. The van der Waals surface area contributed by atoms with E-state index in [2.05, 4.69) is 0 Å². The van der Waals surface area contributed by atoms with Crippen LogP contribution in [0.15, 0.2) is 0 Å². The number of aliphatic carboxylic acids is 4. The van der Waals surface area contributed by atoms with E-state index in [9.17, 15) is 39.6 Å². The van der Waals surface area contributed by atoms with Crippen molar-refractivity contribution in [2.45, 2.75) is 52.1 Å². The fraction of sp³-hybridized carbons (Fsp3) is 0.667. The number of carboxylic acids is 4. The molecule has 4 N–H and O–H groups in total. The predicted octanol–water partition coefficient (Wildman–Crippen LogP) is -7.91. The van der Waals surface area contributed by atoms with Gasteiger partial charge in [-0.3, -0.25) is 0 Å². The summed E-state index contributed by atoms with van der Waals surface area (Å²) < 4.78 is 0. The van der Waals surface area contributed by atoms with Gasteiger partial charge in [0.2, 0.25) is 0 Å². The molecule has 0 spiro atoms. The molecule has 0 saturated carbocycles. The van der Waals surface area contributed by atoms with Crippen LogP contribution in [-0.4, -0.2) is 86.3 Å². The van der Waals surface area contributed by atoms with Gasteiger partial charge in [0.25, 0.3) is 0 Å². The number of rotatable bonds is 4. The molecule has 0 aliphatic carbocycles. The number of aliphatic hydroxyl groups excluding tert-OH is 4. The van der Waals surface area contributed by atoms with E-state index in [-0.39, 0.29) is 17.6 Å². The van der Waals surface area contributed by atoms with Gasteiger partial charge < -0.3 is 60.0 Å². The Morgan fingerprint density at radius 3 is 0.560 bits per heavy atom. The van der Waals surface area contributed by atoms with Crippen molar-refractivity contribution in [3.05, 3.63) is 0 Å². The second-order valence-electron chi connectivity index (χ2n) is 3.98. The quantitative estimate of drug-likeness (QED) is 0.305. The van der Waals surface area contributed by atoms with Crippen molar-refractivity contribution in [3.63, 3.8) is 0 Å². The van der Waals surface area contributed by atoms with Gasteiger partial charge >= 0.3 is 17.6 Å². The van der Waals surface area contributed by atoms with Crippen molar-refractivity contribution in [2.75, 3.05) is 0 Å². The minimum Gasteiger partial charge on any atom is -0.547 e. The van der Waals surface area contributed by atoms with Crippen LogP contribution >= 0.6 is 0 Å². The Morgan fingerprint density at radius 1 is 0.520 bits per heavy atom. The average molecular weight is 429 g/mol. The van der Waals surface area contributed by atoms with Crippen molar-refractivity contribution in [1.29, 1.82) is 0 Å². The van der Waals surface area contributed by atoms with E-state index < -0.39 is 48.3 Å². The molecule has 0 aliphatic rings. The van der Waals surface area contributed by atoms with Gasteiger partial charge in [0, 0.05) is 0 Å². The Bertz CT molecular complexity index is 306. The third-order valence-corrected chi connectivity index (χ3v) is 1.36. The second kappa shape index (κ2) is 20.3. The molecule has 0 rings (SSSR count). The monoisotopic (exact) mass is 430 g/mol. The van der Waals surface area contributed by atoms with Crippen LogP contribution in [-0.2, 0) is 19.2 Å². The molecule has 25 heavy (non-hydrogen) atoms. The van der Waals surface area contributed by atoms with Gasteiger partial charge in [-0.2, -0.15) is 0 Å². The number of hydrogen-bond donors (Lipinski definition) is 4. The van der Waals surface area contributed by atoms with Crippen LogP contribution in [0.25, 0.3) is 0 Å². The fourth-order valence-electron chi connectivity index (χ4n) is 0. The molecule has 0 radical (unpaired) electrons. The minimum atomic E-state index is -1.44. The van der Waals surface area contributed by atoms with Gasteiger partial charge in [-0.1, -0.05) is 0 Å². The van der Waals surface area contributed by atoms with Crippen LogP contribution in [0.5, 0.6) is 0 Å². The Kier molecular flexibility index (Phi) is 28.1. The summed E-state index contributed by atoms with van der Waals surface area (Å²) >= 11 is 0. The molecule has 0 heterocycles. The zero-order valence-electron chi connectivity index (χ0n) is 13.9. The summed E-state index contributed by atoms with van der Waals surface area (Å²) in [6, 6.07) is 0. The van der Waals surface area contributed by atoms with E-state index >= 15 is 0 Å². The summed E-state index contributed by atoms with van der Waals surface area (Å²) in [5.41, 5.74) is 0. The predicted molar refractivity (Wildman–Crippen MR) is 72.5 cm³/mol. The summed E-state index contributed by atoms with van der Waals surface area (Å²) in [7, 11) is 0. The van der Waals surface area contributed by atoms with Gasteiger partial charge in [0.15, 0.2) is 0 Å². The zero-order valence-corrected chi connectivity index (χ0v) is 16.0. The number of carbonyl (C=O) groups excluding carboxylic acids is 4. The Labute approximate surface area is 154 Å². The maximum absolute atomic E-state index is 9.34. The minimum absolute atomic E-state index is 0. The van der Waals surface area contributed by atoms with E-state index in [1.807, 2.05) is 0 Å². The molecular weight excluding hydrogens is 409 g/mol. The van der Waals surface area contributed by atoms with E-state index in [1.165, 1.54) is 0 Å². The molecule has 4 unspecified atom stereocenters. The molecule has 0 aromatic heterocycles. The van der Waals surface area contributed by atoms with Crippen LogP contribution in [0.2, 0.25) is 0 Å². The standard InChI is InChI=1S/4C3H6O3.Ge/c4*1-2(4)3(5)6;/h4*2,4H,1H3,(H,5,6);/q;;;;+4/p-4. The molecule has 0 aliphatic heterocycles. The van der Waals surface area contributed by atoms with Gasteiger partial charge in [-0.05, 0) is 27.7 Å². The molecule has 144 valence electrons. The number of aliphatic hydroxyl groups is 4. The first-order chi connectivity index (χ1) is 10.6. The number of carboxylic acid groups (broad SMARTS) is 4. The zero-order chi connectivity index (χ0) is 20.6. The largest absolute Gasteiger partial charge is 4.00 e. The molecule has 0 saturated heterocycles. The normalized spacial score (nSPS) is 13.1. The first-order valence-electron chi connectivity index (χ1n) is 6.13. The van der Waals surface area contributed by atoms with Gasteiger partial charge in [0.1, 0.15) is 0 Å². The SMILES string of the molecule is CC(O)C(=O)[O-].CC(O)C(=O)[O-].CC(O)C(=O)[O-].CC(O)C(=O)[O-].[Ge+4]. The molecule has 0 bridgehead atoms. The van der Waals surface area contributed by atoms with Gasteiger partial charge in [-0.25, -0.2) is 0 Å². The summed E-state index contributed by atoms with van der Waals surface area (Å²) in [5, 5.41) is 69.2. The van der Waals surface area contributed by atoms with Gasteiger partial charge in [0.05, 0.1) is 48.3 Å². The van der Waals surface area contributed by atoms with E-state index in [4.69, 9.17) is 20.4 Å². The smallest absolute Gasteiger partial charge is 0.547 e. The second-order valence-corrected chi connectivity index (χ2v) is 3.98. The molecule has 0 fully saturated rings. The average Bonchev–Trinajstić information content (AvgIpc) is 2.40. The summed E-state index contributed by atoms with van der Waals surface area (Å²) in [6.45, 7) is 4.54. The van der Waals surface area contributed by atoms with Crippen molar-refractivity contribution < 1.29 is 60.0 Å². The Morgan fingerprint density at radius 2 is 0.560 bits per heavy atom. The van der Waals surface area contributed by atoms with E-state index in [0.29, 0.717) is 0 Å². The van der Waals surface area contributed by atoms with Crippen LogP contribution in [0.3, 0.4) is 0 Å². The van der Waals surface area contributed by atoms with Crippen LogP contribution in [0.1, 0.15) is 27.7 Å². The van der Waals surface area contributed by atoms with E-state index in [1.54, 1.807) is 0 Å². The maximum atomic E-state index is 9.34. The van der Waals surface area contributed by atoms with Crippen LogP contribution < -0.4 is 20.4 Å². The first-order valence-corrected chi connectivity index (χ1v) is 6.13. The topological polar surface area (TPSA) is 241 Å². The summed E-state index contributed by atoms with van der Waals surface area (Å²) in [6.07, 6.45) is -5.37. The van der Waals surface area contributed by atoms with Crippen molar-refractivity contribution in [3.8, 4) is 0 Å². The molecule has 0 aromatic rings. The number of hydrogen-bond acceptors (Lipinski definition) is 12. The third kappa shape index (κ3) is 44.9. The van der Waals surface area contributed by atoms with Crippen molar-refractivity contribution in [1.82, 2.24) is 0 Å². The molecular formula is C12H20GeO12. The van der Waals surface area contributed by atoms with Crippen molar-refractivity contribution >= 4 is 41.5 Å². The Balaban J connectivity index is -0.0000000702. The van der Waals surface area contributed by atoms with Gasteiger partial charge in [-0.15, -0.1) is 0 Å². The molecule has 0 amide bonds. The molecule has 4 atom stereocenters. The van der Waals surface area contributed by atoms with Crippen LogP contribution in [0, 0.1) is 0 Å². The molecule has 0 aromatic carbocycles. The summed E-state index contributed by atoms with van der Waals surface area (Å²) in [4.78, 5) is 37.4. The third-order valence-electron chi connectivity index (χ3n) is 1.36. The van der Waals surface area contributed by atoms with Crippen LogP contribution in [0.4, 0.5) is 0 Å². The van der Waals surface area contributed by atoms with E-state index in [0.717, 1.165) is 27.7 Å². The first kappa shape index (κ1) is 34.6. The Hall–Kier alpha value is -1.74. The number of carbonyl (C=O) groups is 4. The molecule has 12 nitrogen and oxygen atoms in total.